The normalized spacial score (nSPS) is 10.4. The van der Waals surface area contributed by atoms with Gasteiger partial charge in [-0.25, -0.2) is 0 Å². The smallest absolute Gasteiger partial charge is 0.525 e. The van der Waals surface area contributed by atoms with Gasteiger partial charge in [-0.15, -0.1) is 0 Å². The van der Waals surface area contributed by atoms with Crippen molar-refractivity contribution in [2.24, 2.45) is 0 Å². The second kappa shape index (κ2) is 7.41. The Labute approximate surface area is 152 Å². The van der Waals surface area contributed by atoms with Crippen molar-refractivity contribution in [3.63, 3.8) is 0 Å². The fourth-order valence-corrected chi connectivity index (χ4v) is 2.62. The van der Waals surface area contributed by atoms with Crippen LogP contribution in [-0.2, 0) is 0 Å². The van der Waals surface area contributed by atoms with Gasteiger partial charge < -0.3 is 9.31 Å². The van der Waals surface area contributed by atoms with Gasteiger partial charge in [0.2, 0.25) is 0 Å². The van der Waals surface area contributed by atoms with E-state index >= 15 is 0 Å². The molecule has 0 saturated heterocycles. The van der Waals surface area contributed by atoms with E-state index in [1.807, 2.05) is 0 Å². The predicted octanol–water partition coefficient (Wildman–Crippen LogP) is 6.60. The first-order valence-electron chi connectivity index (χ1n) is 5.32. The molecular weight excluding hydrogens is 400 g/mol. The van der Waals surface area contributed by atoms with Crippen LogP contribution in [0.25, 0.3) is 0 Å². The summed E-state index contributed by atoms with van der Waals surface area (Å²) in [5, 5.41) is 1.67. The van der Waals surface area contributed by atoms with E-state index in [1.165, 1.54) is 24.3 Å². The van der Waals surface area contributed by atoms with Gasteiger partial charge in [-0.1, -0.05) is 69.6 Å². The Balaban J connectivity index is 2.09. The molecule has 0 fully saturated rings. The molecule has 2 aromatic carbocycles. The minimum atomic E-state index is 0.205. The average molecular weight is 404 g/mol. The fraction of sp³-hybridized carbons (Fsp3) is 0. The average Bonchev–Trinajstić information content (AvgIpc) is 2.40. The zero-order chi connectivity index (χ0) is 15.6. The summed E-state index contributed by atoms with van der Waals surface area (Å²) in [6, 6.07) is 5.96. The van der Waals surface area contributed by atoms with E-state index in [4.69, 9.17) is 78.9 Å². The third-order valence-corrected chi connectivity index (χ3v) is 4.28. The molecule has 0 amide bonds. The maximum atomic E-state index is 5.97. The van der Waals surface area contributed by atoms with Crippen LogP contribution in [0.2, 0.25) is 30.1 Å². The molecule has 0 N–H and O–H groups in total. The van der Waals surface area contributed by atoms with Crippen LogP contribution < -0.4 is 9.31 Å². The largest absolute Gasteiger partial charge is 0.658 e. The van der Waals surface area contributed by atoms with Crippen LogP contribution >= 0.6 is 69.6 Å². The van der Waals surface area contributed by atoms with E-state index in [0.717, 1.165) is 7.69 Å². The molecule has 0 aliphatic rings. The molecule has 9 heteroatoms. The third-order valence-electron chi connectivity index (χ3n) is 2.27. The zero-order valence-corrected chi connectivity index (χ0v) is 14.5. The summed E-state index contributed by atoms with van der Waals surface area (Å²) in [4.78, 5) is 0. The first kappa shape index (κ1) is 17.2. The first-order valence-corrected chi connectivity index (χ1v) is 7.59. The van der Waals surface area contributed by atoms with Gasteiger partial charge in [0.1, 0.15) is 11.5 Å². The zero-order valence-electron chi connectivity index (χ0n) is 9.97. The van der Waals surface area contributed by atoms with Crippen LogP contribution in [0, 0.1) is 0 Å². The van der Waals surface area contributed by atoms with Crippen LogP contribution in [0.1, 0.15) is 0 Å². The van der Waals surface area contributed by atoms with E-state index in [2.05, 4.69) is 0 Å². The molecule has 0 spiro atoms. The Kier molecular flexibility index (Phi) is 6.07. The Morgan fingerprint density at radius 3 is 1.38 bits per heavy atom. The van der Waals surface area contributed by atoms with E-state index in [9.17, 15) is 0 Å². The lowest BCUT2D eigenvalue weighted by Gasteiger charge is -2.11. The summed E-state index contributed by atoms with van der Waals surface area (Å²) in [5.74, 6) is 0.469. The summed E-state index contributed by atoms with van der Waals surface area (Å²) in [7, 11) is 1.02. The Bertz CT molecular complexity index is 622. The predicted molar refractivity (Wildman–Crippen MR) is 90.0 cm³/mol. The summed E-state index contributed by atoms with van der Waals surface area (Å²) in [5.41, 5.74) is 0. The maximum absolute atomic E-state index is 5.97. The molecule has 0 unspecified atom stereocenters. The van der Waals surface area contributed by atoms with Crippen molar-refractivity contribution in [2.75, 3.05) is 0 Å². The summed E-state index contributed by atoms with van der Waals surface area (Å²) >= 11 is 35.4. The van der Waals surface area contributed by atoms with Crippen molar-refractivity contribution in [2.45, 2.75) is 0 Å². The summed E-state index contributed by atoms with van der Waals surface area (Å²) in [6.45, 7) is 0. The van der Waals surface area contributed by atoms with Crippen molar-refractivity contribution < 1.29 is 9.31 Å². The monoisotopic (exact) mass is 401 g/mol. The van der Waals surface area contributed by atoms with Gasteiger partial charge >= 0.3 is 7.69 Å². The molecule has 0 heterocycles. The quantitative estimate of drug-likeness (QED) is 0.423. The molecule has 0 bridgehead atoms. The lowest BCUT2D eigenvalue weighted by molar-refractivity contribution is 0.459. The lowest BCUT2D eigenvalue weighted by Crippen LogP contribution is -2.11. The van der Waals surface area contributed by atoms with E-state index < -0.39 is 0 Å². The van der Waals surface area contributed by atoms with Crippen molar-refractivity contribution >= 4 is 77.3 Å². The molecule has 0 aliphatic carbocycles. The Hall–Kier alpha value is -0.155. The van der Waals surface area contributed by atoms with Crippen molar-refractivity contribution in [3.05, 3.63) is 54.4 Å². The van der Waals surface area contributed by atoms with E-state index in [0.29, 0.717) is 10.0 Å². The summed E-state index contributed by atoms with van der Waals surface area (Å²) in [6.07, 6.45) is 0. The lowest BCUT2D eigenvalue weighted by atomic mass is 10.3. The van der Waals surface area contributed by atoms with Crippen LogP contribution in [0.4, 0.5) is 0 Å². The molecule has 21 heavy (non-hydrogen) atoms. The highest BCUT2D eigenvalue weighted by Crippen LogP contribution is 2.36. The molecule has 2 nitrogen and oxygen atoms in total. The number of hydrogen-bond donors (Lipinski definition) is 0. The van der Waals surface area contributed by atoms with Gasteiger partial charge in [0.25, 0.3) is 0 Å². The van der Waals surface area contributed by atoms with Gasteiger partial charge in [0.15, 0.2) is 0 Å². The molecule has 0 saturated carbocycles. The second-order valence-corrected chi connectivity index (χ2v) is 6.17. The van der Waals surface area contributed by atoms with Gasteiger partial charge in [0, 0.05) is 10.0 Å². The maximum Gasteiger partial charge on any atom is 0.658 e. The first-order chi connectivity index (χ1) is 9.88. The highest BCUT2D eigenvalue weighted by molar-refractivity contribution is 6.45. The summed E-state index contributed by atoms with van der Waals surface area (Å²) < 4.78 is 10.5. The molecule has 0 aromatic heterocycles. The number of hydrogen-bond acceptors (Lipinski definition) is 2. The van der Waals surface area contributed by atoms with Crippen molar-refractivity contribution in [3.8, 4) is 11.5 Å². The highest BCUT2D eigenvalue weighted by Gasteiger charge is 2.13. The van der Waals surface area contributed by atoms with E-state index in [1.54, 1.807) is 0 Å². The van der Waals surface area contributed by atoms with Gasteiger partial charge in [-0.2, -0.15) is 0 Å². The minimum absolute atomic E-state index is 0.205. The molecular formula is C12H4BCl6O2. The van der Waals surface area contributed by atoms with Crippen LogP contribution in [0.15, 0.2) is 24.3 Å². The van der Waals surface area contributed by atoms with Gasteiger partial charge in [0.05, 0.1) is 20.1 Å². The number of benzene rings is 2. The number of halogens is 6. The SMILES string of the molecule is Clc1cc(Cl)c(Cl)c(O[B]Oc2cc(Cl)cc(Cl)c2Cl)c1. The topological polar surface area (TPSA) is 18.5 Å². The molecule has 0 atom stereocenters. The minimum Gasteiger partial charge on any atom is -0.525 e. The third kappa shape index (κ3) is 4.41. The molecule has 109 valence electrons. The number of rotatable bonds is 4. The van der Waals surface area contributed by atoms with Crippen molar-refractivity contribution in [1.29, 1.82) is 0 Å². The Morgan fingerprint density at radius 2 is 1.00 bits per heavy atom. The fourth-order valence-electron chi connectivity index (χ4n) is 1.36. The van der Waals surface area contributed by atoms with Gasteiger partial charge in [-0.3, -0.25) is 0 Å². The Morgan fingerprint density at radius 1 is 0.619 bits per heavy atom. The van der Waals surface area contributed by atoms with E-state index in [-0.39, 0.29) is 31.6 Å². The highest BCUT2D eigenvalue weighted by atomic mass is 35.5. The molecule has 1 radical (unpaired) electrons. The molecule has 2 rings (SSSR count). The van der Waals surface area contributed by atoms with Crippen LogP contribution in [0.3, 0.4) is 0 Å². The molecule has 2 aromatic rings. The molecule has 0 aliphatic heterocycles. The van der Waals surface area contributed by atoms with Crippen LogP contribution in [0.5, 0.6) is 11.5 Å². The second-order valence-electron chi connectivity index (χ2n) is 3.73. The van der Waals surface area contributed by atoms with Gasteiger partial charge in [-0.05, 0) is 24.3 Å². The van der Waals surface area contributed by atoms with Crippen LogP contribution in [-0.4, -0.2) is 7.69 Å². The standard InChI is InChI=1S/C12H4BCl6O2/c14-5-1-7(16)11(18)9(3-5)20-13-21-10-4-6(15)2-8(17)12(10)19/h1-4H. The van der Waals surface area contributed by atoms with Crippen molar-refractivity contribution in [1.82, 2.24) is 0 Å².